The Labute approximate surface area is 147 Å². The average molecular weight is 358 g/mol. The molecular formula is C18H18N2O4S. The summed E-state index contributed by atoms with van der Waals surface area (Å²) in [4.78, 5) is 12.0. The Bertz CT molecular complexity index is 856. The summed E-state index contributed by atoms with van der Waals surface area (Å²) in [5, 5.41) is 8.74. The second-order valence-corrected chi connectivity index (χ2v) is 6.99. The van der Waals surface area contributed by atoms with Crippen LogP contribution >= 0.6 is 0 Å². The number of rotatable bonds is 7. The quantitative estimate of drug-likeness (QED) is 0.710. The molecule has 0 unspecified atom stereocenters. The van der Waals surface area contributed by atoms with Gasteiger partial charge in [0.05, 0.1) is 29.7 Å². The van der Waals surface area contributed by atoms with Crippen LogP contribution in [0.3, 0.4) is 0 Å². The summed E-state index contributed by atoms with van der Waals surface area (Å²) in [6.07, 6.45) is 0.226. The van der Waals surface area contributed by atoms with Gasteiger partial charge in [-0.15, -0.1) is 0 Å². The number of sulfonamides is 1. The van der Waals surface area contributed by atoms with E-state index in [1.165, 1.54) is 12.1 Å². The lowest BCUT2D eigenvalue weighted by Crippen LogP contribution is -2.36. The second kappa shape index (κ2) is 8.31. The average Bonchev–Trinajstić information content (AvgIpc) is 2.62. The summed E-state index contributed by atoms with van der Waals surface area (Å²) in [5.41, 5.74) is 1.10. The smallest absolute Gasteiger partial charge is 0.326 e. The lowest BCUT2D eigenvalue weighted by Gasteiger charge is -2.23. The van der Waals surface area contributed by atoms with Crippen molar-refractivity contribution in [3.8, 4) is 6.07 Å². The van der Waals surface area contributed by atoms with Crippen LogP contribution in [0.2, 0.25) is 0 Å². The topological polar surface area (TPSA) is 87.5 Å². The van der Waals surface area contributed by atoms with Gasteiger partial charge in [-0.05, 0) is 36.8 Å². The Hall–Kier alpha value is -2.85. The maximum atomic E-state index is 12.9. The van der Waals surface area contributed by atoms with Gasteiger partial charge in [-0.2, -0.15) is 5.26 Å². The van der Waals surface area contributed by atoms with Crippen LogP contribution in [0.1, 0.15) is 12.5 Å². The van der Waals surface area contributed by atoms with E-state index >= 15 is 0 Å². The van der Waals surface area contributed by atoms with Crippen LogP contribution in [-0.4, -0.2) is 27.5 Å². The van der Waals surface area contributed by atoms with E-state index in [9.17, 15) is 13.2 Å². The second-order valence-electron chi connectivity index (χ2n) is 5.13. The molecule has 0 bridgehead atoms. The van der Waals surface area contributed by atoms with Gasteiger partial charge in [0, 0.05) is 0 Å². The van der Waals surface area contributed by atoms with Crippen molar-refractivity contribution in [3.05, 3.63) is 60.2 Å². The normalized spacial score (nSPS) is 10.7. The van der Waals surface area contributed by atoms with E-state index in [0.29, 0.717) is 5.69 Å². The number of esters is 1. The van der Waals surface area contributed by atoms with Crippen LogP contribution in [0.25, 0.3) is 0 Å². The molecule has 0 aliphatic rings. The van der Waals surface area contributed by atoms with Crippen LogP contribution in [0.4, 0.5) is 5.69 Å². The van der Waals surface area contributed by atoms with Crippen molar-refractivity contribution in [2.75, 3.05) is 17.5 Å². The third kappa shape index (κ3) is 4.58. The minimum absolute atomic E-state index is 0.0837. The molecule has 7 heteroatoms. The summed E-state index contributed by atoms with van der Waals surface area (Å²) >= 11 is 0. The molecule has 0 spiro atoms. The van der Waals surface area contributed by atoms with Crippen LogP contribution < -0.4 is 4.31 Å². The molecule has 0 aliphatic carbocycles. The zero-order chi connectivity index (χ0) is 18.3. The molecule has 0 aromatic heterocycles. The van der Waals surface area contributed by atoms with Crippen molar-refractivity contribution in [2.45, 2.75) is 18.2 Å². The molecule has 2 aromatic rings. The molecule has 25 heavy (non-hydrogen) atoms. The molecule has 0 N–H and O–H groups in total. The molecule has 130 valence electrons. The number of anilines is 1. The number of nitrogens with zero attached hydrogens (tertiary/aromatic N) is 2. The highest BCUT2D eigenvalue weighted by atomic mass is 32.2. The first kappa shape index (κ1) is 18.5. The molecule has 2 rings (SSSR count). The Morgan fingerprint density at radius 1 is 1.12 bits per heavy atom. The molecule has 0 saturated carbocycles. The van der Waals surface area contributed by atoms with Gasteiger partial charge in [-0.25, -0.2) is 8.42 Å². The first-order valence-corrected chi connectivity index (χ1v) is 9.12. The molecule has 0 fully saturated rings. The van der Waals surface area contributed by atoms with Crippen molar-refractivity contribution >= 4 is 21.7 Å². The predicted octanol–water partition coefficient (Wildman–Crippen LogP) is 2.51. The molecule has 6 nitrogen and oxygen atoms in total. The Morgan fingerprint density at radius 2 is 1.76 bits per heavy atom. The fourth-order valence-electron chi connectivity index (χ4n) is 2.23. The van der Waals surface area contributed by atoms with Gasteiger partial charge in [0.1, 0.15) is 6.54 Å². The fourth-order valence-corrected chi connectivity index (χ4v) is 3.66. The highest BCUT2D eigenvalue weighted by Crippen LogP contribution is 2.24. The highest BCUT2D eigenvalue weighted by Gasteiger charge is 2.27. The summed E-state index contributed by atoms with van der Waals surface area (Å²) in [7, 11) is -3.93. The molecule has 0 radical (unpaired) electrons. The van der Waals surface area contributed by atoms with Crippen molar-refractivity contribution in [2.24, 2.45) is 0 Å². The standard InChI is InChI=1S/C18H18N2O4S/c1-2-24-18(21)14-20(16-10-8-15(9-11-16)12-13-19)25(22,23)17-6-4-3-5-7-17/h3-11H,2,12,14H2,1H3. The molecule has 0 heterocycles. The number of hydrogen-bond donors (Lipinski definition) is 0. The Morgan fingerprint density at radius 3 is 2.32 bits per heavy atom. The van der Waals surface area contributed by atoms with Gasteiger partial charge in [0.15, 0.2) is 0 Å². The van der Waals surface area contributed by atoms with Crippen LogP contribution in [0.5, 0.6) is 0 Å². The zero-order valence-corrected chi connectivity index (χ0v) is 14.6. The number of carbonyl (C=O) groups is 1. The number of nitriles is 1. The van der Waals surface area contributed by atoms with Crippen LogP contribution in [0.15, 0.2) is 59.5 Å². The summed E-state index contributed by atoms with van der Waals surface area (Å²) in [5.74, 6) is -0.636. The fraction of sp³-hybridized carbons (Fsp3) is 0.222. The largest absolute Gasteiger partial charge is 0.465 e. The van der Waals surface area contributed by atoms with Gasteiger partial charge in [-0.1, -0.05) is 30.3 Å². The molecule has 2 aromatic carbocycles. The molecular weight excluding hydrogens is 340 g/mol. The van der Waals surface area contributed by atoms with Crippen LogP contribution in [0, 0.1) is 11.3 Å². The van der Waals surface area contributed by atoms with E-state index in [2.05, 4.69) is 0 Å². The van der Waals surface area contributed by atoms with Gasteiger partial charge in [-0.3, -0.25) is 9.10 Å². The number of hydrogen-bond acceptors (Lipinski definition) is 5. The number of carbonyl (C=O) groups excluding carboxylic acids is 1. The molecule has 0 aliphatic heterocycles. The van der Waals surface area contributed by atoms with E-state index in [1.807, 2.05) is 6.07 Å². The maximum absolute atomic E-state index is 12.9. The number of ether oxygens (including phenoxy) is 1. The highest BCUT2D eigenvalue weighted by molar-refractivity contribution is 7.92. The van der Waals surface area contributed by atoms with Crippen molar-refractivity contribution in [1.82, 2.24) is 0 Å². The van der Waals surface area contributed by atoms with Crippen molar-refractivity contribution < 1.29 is 17.9 Å². The number of benzene rings is 2. The van der Waals surface area contributed by atoms with Crippen LogP contribution in [-0.2, 0) is 26.0 Å². The SMILES string of the molecule is CCOC(=O)CN(c1ccc(CC#N)cc1)S(=O)(=O)c1ccccc1. The van der Waals surface area contributed by atoms with Gasteiger partial charge in [0.2, 0.25) is 0 Å². The maximum Gasteiger partial charge on any atom is 0.326 e. The van der Waals surface area contributed by atoms with Crippen molar-refractivity contribution in [1.29, 1.82) is 5.26 Å². The lowest BCUT2D eigenvalue weighted by molar-refractivity contribution is -0.141. The van der Waals surface area contributed by atoms with Crippen molar-refractivity contribution in [3.63, 3.8) is 0 Å². The predicted molar refractivity (Wildman–Crippen MR) is 93.4 cm³/mol. The lowest BCUT2D eigenvalue weighted by atomic mass is 10.1. The van der Waals surface area contributed by atoms with E-state index in [-0.39, 0.29) is 17.9 Å². The van der Waals surface area contributed by atoms with Gasteiger partial charge < -0.3 is 4.74 Å². The minimum Gasteiger partial charge on any atom is -0.465 e. The first-order valence-electron chi connectivity index (χ1n) is 7.68. The van der Waals surface area contributed by atoms with Gasteiger partial charge in [0.25, 0.3) is 10.0 Å². The minimum atomic E-state index is -3.93. The van der Waals surface area contributed by atoms with E-state index in [4.69, 9.17) is 10.00 Å². The monoisotopic (exact) mass is 358 g/mol. The Balaban J connectivity index is 2.43. The van der Waals surface area contributed by atoms with Gasteiger partial charge >= 0.3 is 5.97 Å². The van der Waals surface area contributed by atoms with E-state index < -0.39 is 22.5 Å². The van der Waals surface area contributed by atoms with E-state index in [0.717, 1.165) is 9.87 Å². The summed E-state index contributed by atoms with van der Waals surface area (Å²) in [6, 6.07) is 16.4. The summed E-state index contributed by atoms with van der Waals surface area (Å²) in [6.45, 7) is 1.40. The zero-order valence-electron chi connectivity index (χ0n) is 13.8. The third-order valence-electron chi connectivity index (χ3n) is 3.42. The third-order valence-corrected chi connectivity index (χ3v) is 5.20. The first-order chi connectivity index (χ1) is 12.0. The summed E-state index contributed by atoms with van der Waals surface area (Å²) < 4.78 is 31.8. The Kier molecular flexibility index (Phi) is 6.14. The molecule has 0 amide bonds. The molecule has 0 atom stereocenters. The molecule has 0 saturated heterocycles. The van der Waals surface area contributed by atoms with E-state index in [1.54, 1.807) is 49.4 Å².